The minimum Gasteiger partial charge on any atom is -0.441 e. The molecule has 1 aliphatic heterocycles. The number of hydrogen-bond acceptors (Lipinski definition) is 4. The lowest BCUT2D eigenvalue weighted by Crippen LogP contribution is -2.49. The van der Waals surface area contributed by atoms with Crippen LogP contribution in [0.5, 0.6) is 0 Å². The monoisotopic (exact) mass is 410 g/mol. The smallest absolute Gasteiger partial charge is 0.321 e. The van der Waals surface area contributed by atoms with Gasteiger partial charge in [0, 0.05) is 49.0 Å². The molecule has 0 radical (unpaired) electrons. The van der Waals surface area contributed by atoms with Gasteiger partial charge < -0.3 is 14.6 Å². The average molecular weight is 411 g/mol. The second kappa shape index (κ2) is 8.68. The lowest BCUT2D eigenvalue weighted by molar-refractivity contribution is 0.141. The van der Waals surface area contributed by atoms with Crippen molar-refractivity contribution in [3.05, 3.63) is 71.1 Å². The highest BCUT2D eigenvalue weighted by molar-refractivity contribution is 6.30. The van der Waals surface area contributed by atoms with E-state index in [1.165, 1.54) is 0 Å². The first-order valence-electron chi connectivity index (χ1n) is 9.64. The van der Waals surface area contributed by atoms with E-state index < -0.39 is 0 Å². The number of carbonyl (C=O) groups is 1. The summed E-state index contributed by atoms with van der Waals surface area (Å²) in [5.41, 5.74) is 2.60. The van der Waals surface area contributed by atoms with Crippen LogP contribution in [-0.4, -0.2) is 47.0 Å². The number of nitrogens with one attached hydrogen (secondary N) is 1. The molecule has 3 aromatic rings. The summed E-state index contributed by atoms with van der Waals surface area (Å²) in [5, 5.41) is 3.60. The van der Waals surface area contributed by atoms with Crippen LogP contribution in [0, 0.1) is 6.92 Å². The Morgan fingerprint density at radius 1 is 1.10 bits per heavy atom. The Labute approximate surface area is 175 Å². The average Bonchev–Trinajstić information content (AvgIpc) is 3.10. The molecule has 0 unspecified atom stereocenters. The van der Waals surface area contributed by atoms with Crippen molar-refractivity contribution < 1.29 is 9.21 Å². The fraction of sp³-hybridized carbons (Fsp3) is 0.273. The second-order valence-corrected chi connectivity index (χ2v) is 7.53. The molecule has 29 heavy (non-hydrogen) atoms. The molecule has 7 heteroatoms. The normalized spacial score (nSPS) is 14.8. The van der Waals surface area contributed by atoms with Crippen LogP contribution in [0.2, 0.25) is 5.02 Å². The molecule has 0 saturated carbocycles. The predicted molar refractivity (Wildman–Crippen MR) is 114 cm³/mol. The highest BCUT2D eigenvalue weighted by Crippen LogP contribution is 2.25. The Morgan fingerprint density at radius 2 is 1.86 bits per heavy atom. The van der Waals surface area contributed by atoms with Crippen molar-refractivity contribution in [2.45, 2.75) is 13.5 Å². The minimum atomic E-state index is -0.0586. The van der Waals surface area contributed by atoms with E-state index in [2.05, 4.69) is 15.2 Å². The lowest BCUT2D eigenvalue weighted by Gasteiger charge is -2.34. The van der Waals surface area contributed by atoms with Gasteiger partial charge in [-0.05, 0) is 37.3 Å². The zero-order chi connectivity index (χ0) is 20.2. The third kappa shape index (κ3) is 4.78. The fourth-order valence-corrected chi connectivity index (χ4v) is 3.55. The van der Waals surface area contributed by atoms with Crippen LogP contribution in [0.4, 0.5) is 10.5 Å². The molecule has 2 aromatic carbocycles. The number of rotatable bonds is 4. The van der Waals surface area contributed by atoms with Crippen molar-refractivity contribution in [3.63, 3.8) is 0 Å². The second-order valence-electron chi connectivity index (χ2n) is 7.09. The van der Waals surface area contributed by atoms with Crippen LogP contribution in [0.15, 0.2) is 59.0 Å². The van der Waals surface area contributed by atoms with Gasteiger partial charge in [-0.2, -0.15) is 0 Å². The van der Waals surface area contributed by atoms with E-state index in [1.807, 2.05) is 66.4 Å². The van der Waals surface area contributed by atoms with Crippen LogP contribution in [-0.2, 0) is 6.54 Å². The Hall–Kier alpha value is -2.83. The molecule has 2 heterocycles. The zero-order valence-corrected chi connectivity index (χ0v) is 17.0. The van der Waals surface area contributed by atoms with Gasteiger partial charge >= 0.3 is 6.03 Å². The van der Waals surface area contributed by atoms with Gasteiger partial charge in [-0.1, -0.05) is 35.9 Å². The third-order valence-electron chi connectivity index (χ3n) is 5.02. The SMILES string of the molecule is Cc1oc(-c2cccc(Cl)c2)nc1CN1CCN(C(=O)Nc2ccccc2)CC1. The maximum absolute atomic E-state index is 12.4. The number of hydrogen-bond donors (Lipinski definition) is 1. The van der Waals surface area contributed by atoms with Crippen molar-refractivity contribution >= 4 is 23.3 Å². The summed E-state index contributed by atoms with van der Waals surface area (Å²) >= 11 is 6.07. The van der Waals surface area contributed by atoms with Gasteiger partial charge in [0.25, 0.3) is 0 Å². The van der Waals surface area contributed by atoms with Crippen molar-refractivity contribution in [1.82, 2.24) is 14.8 Å². The molecule has 1 saturated heterocycles. The molecule has 2 amide bonds. The number of aromatic nitrogens is 1. The van der Waals surface area contributed by atoms with Crippen molar-refractivity contribution in [2.24, 2.45) is 0 Å². The van der Waals surface area contributed by atoms with E-state index in [4.69, 9.17) is 16.0 Å². The lowest BCUT2D eigenvalue weighted by atomic mass is 10.2. The Kier molecular flexibility index (Phi) is 5.83. The summed E-state index contributed by atoms with van der Waals surface area (Å²) in [6.07, 6.45) is 0. The highest BCUT2D eigenvalue weighted by Gasteiger charge is 2.23. The summed E-state index contributed by atoms with van der Waals surface area (Å²) in [5.74, 6) is 1.39. The number of aryl methyl sites for hydroxylation is 1. The van der Waals surface area contributed by atoms with Gasteiger partial charge in [-0.25, -0.2) is 9.78 Å². The molecule has 0 atom stereocenters. The van der Waals surface area contributed by atoms with Gasteiger partial charge in [-0.3, -0.25) is 4.90 Å². The molecular weight excluding hydrogens is 388 g/mol. The number of halogens is 1. The number of amides is 2. The number of anilines is 1. The molecule has 1 aliphatic rings. The van der Waals surface area contributed by atoms with E-state index >= 15 is 0 Å². The summed E-state index contributed by atoms with van der Waals surface area (Å²) in [4.78, 5) is 21.2. The topological polar surface area (TPSA) is 61.6 Å². The standard InChI is InChI=1S/C22H23ClN4O2/c1-16-20(25-21(29-16)17-6-5-7-18(23)14-17)15-26-10-12-27(13-11-26)22(28)24-19-8-3-2-4-9-19/h2-9,14H,10-13,15H2,1H3,(H,24,28). The molecule has 1 fully saturated rings. The molecule has 6 nitrogen and oxygen atoms in total. The number of urea groups is 1. The summed E-state index contributed by atoms with van der Waals surface area (Å²) in [7, 11) is 0. The van der Waals surface area contributed by atoms with Crippen LogP contribution >= 0.6 is 11.6 Å². The zero-order valence-electron chi connectivity index (χ0n) is 16.3. The van der Waals surface area contributed by atoms with Gasteiger partial charge in [0.05, 0.1) is 5.69 Å². The summed E-state index contributed by atoms with van der Waals surface area (Å²) in [6, 6.07) is 17.0. The number of para-hydroxylation sites is 1. The molecule has 1 aromatic heterocycles. The quantitative estimate of drug-likeness (QED) is 0.679. The highest BCUT2D eigenvalue weighted by atomic mass is 35.5. The maximum atomic E-state index is 12.4. The van der Waals surface area contributed by atoms with Crippen LogP contribution in [0.25, 0.3) is 11.5 Å². The van der Waals surface area contributed by atoms with Gasteiger partial charge in [-0.15, -0.1) is 0 Å². The first-order chi connectivity index (χ1) is 14.1. The van der Waals surface area contributed by atoms with E-state index in [9.17, 15) is 4.79 Å². The van der Waals surface area contributed by atoms with Crippen LogP contribution in [0.3, 0.4) is 0 Å². The number of oxazole rings is 1. The molecule has 0 bridgehead atoms. The van der Waals surface area contributed by atoms with E-state index in [1.54, 1.807) is 0 Å². The number of nitrogens with zero attached hydrogens (tertiary/aromatic N) is 3. The van der Waals surface area contributed by atoms with Crippen molar-refractivity contribution in [3.8, 4) is 11.5 Å². The molecule has 0 spiro atoms. The predicted octanol–water partition coefficient (Wildman–Crippen LogP) is 4.65. The maximum Gasteiger partial charge on any atom is 0.321 e. The van der Waals surface area contributed by atoms with Gasteiger partial charge in [0.2, 0.25) is 5.89 Å². The third-order valence-corrected chi connectivity index (χ3v) is 5.26. The van der Waals surface area contributed by atoms with Crippen LogP contribution < -0.4 is 5.32 Å². The Morgan fingerprint density at radius 3 is 2.59 bits per heavy atom. The molecule has 0 aliphatic carbocycles. The fourth-order valence-electron chi connectivity index (χ4n) is 3.36. The number of benzene rings is 2. The van der Waals surface area contributed by atoms with Crippen LogP contribution in [0.1, 0.15) is 11.5 Å². The first kappa shape index (κ1) is 19.5. The largest absolute Gasteiger partial charge is 0.441 e. The van der Waals surface area contributed by atoms with E-state index in [0.29, 0.717) is 30.5 Å². The summed E-state index contributed by atoms with van der Waals surface area (Å²) in [6.45, 7) is 5.57. The number of piperazine rings is 1. The van der Waals surface area contributed by atoms with E-state index in [0.717, 1.165) is 35.8 Å². The molecule has 1 N–H and O–H groups in total. The Bertz CT molecular complexity index is 981. The number of carbonyl (C=O) groups excluding carboxylic acids is 1. The molecular formula is C22H23ClN4O2. The van der Waals surface area contributed by atoms with Gasteiger partial charge in [0.1, 0.15) is 5.76 Å². The minimum absolute atomic E-state index is 0.0586. The molecule has 4 rings (SSSR count). The Balaban J connectivity index is 1.33. The van der Waals surface area contributed by atoms with Gasteiger partial charge in [0.15, 0.2) is 0 Å². The van der Waals surface area contributed by atoms with Crippen molar-refractivity contribution in [1.29, 1.82) is 0 Å². The van der Waals surface area contributed by atoms with Crippen molar-refractivity contribution in [2.75, 3.05) is 31.5 Å². The molecule has 150 valence electrons. The summed E-state index contributed by atoms with van der Waals surface area (Å²) < 4.78 is 5.85. The first-order valence-corrected chi connectivity index (χ1v) is 10.0. The van der Waals surface area contributed by atoms with E-state index in [-0.39, 0.29) is 6.03 Å².